The van der Waals surface area contributed by atoms with E-state index in [1.807, 2.05) is 43.3 Å². The highest BCUT2D eigenvalue weighted by Crippen LogP contribution is 2.48. The Morgan fingerprint density at radius 3 is 2.62 bits per heavy atom. The van der Waals surface area contributed by atoms with Crippen molar-refractivity contribution in [3.05, 3.63) is 59.8 Å². The van der Waals surface area contributed by atoms with Crippen LogP contribution < -0.4 is 0 Å². The second-order valence-corrected chi connectivity index (χ2v) is 8.75. The maximum Gasteiger partial charge on any atom is 0.257 e. The van der Waals surface area contributed by atoms with Gasteiger partial charge in [-0.1, -0.05) is 23.4 Å². The Bertz CT molecular complexity index is 956. The number of nitrogens with zero attached hydrogens (tertiary/aromatic N) is 4. The van der Waals surface area contributed by atoms with E-state index in [2.05, 4.69) is 28.1 Å². The Balaban J connectivity index is 1.24. The highest BCUT2D eigenvalue weighted by molar-refractivity contribution is 5.52. The molecule has 2 fully saturated rings. The molecule has 0 bridgehead atoms. The number of aryl methyl sites for hydroxylation is 1. The van der Waals surface area contributed by atoms with Crippen LogP contribution in [0.2, 0.25) is 0 Å². The van der Waals surface area contributed by atoms with Crippen molar-refractivity contribution >= 4 is 0 Å². The fourth-order valence-corrected chi connectivity index (χ4v) is 4.96. The van der Waals surface area contributed by atoms with Gasteiger partial charge in [0.25, 0.3) is 5.89 Å². The van der Waals surface area contributed by atoms with Crippen molar-refractivity contribution < 1.29 is 8.94 Å². The van der Waals surface area contributed by atoms with E-state index in [0.717, 1.165) is 55.5 Å². The first-order valence-corrected chi connectivity index (χ1v) is 10.5. The van der Waals surface area contributed by atoms with Crippen LogP contribution in [0.1, 0.15) is 42.6 Å². The van der Waals surface area contributed by atoms with Crippen LogP contribution in [0.5, 0.6) is 0 Å². The van der Waals surface area contributed by atoms with Gasteiger partial charge in [-0.15, -0.1) is 0 Å². The van der Waals surface area contributed by atoms with Gasteiger partial charge in [-0.25, -0.2) is 0 Å². The summed E-state index contributed by atoms with van der Waals surface area (Å²) in [7, 11) is 2.19. The lowest BCUT2D eigenvalue weighted by atomic mass is 9.76. The molecule has 1 spiro atoms. The zero-order chi connectivity index (χ0) is 19.8. The summed E-state index contributed by atoms with van der Waals surface area (Å²) in [6.45, 7) is 6.24. The quantitative estimate of drug-likeness (QED) is 0.660. The van der Waals surface area contributed by atoms with E-state index in [4.69, 9.17) is 13.9 Å². The van der Waals surface area contributed by atoms with Gasteiger partial charge in [-0.3, -0.25) is 9.80 Å². The monoisotopic (exact) mass is 392 g/mol. The lowest BCUT2D eigenvalue weighted by molar-refractivity contribution is 0.0998. The molecule has 3 aromatic rings. The van der Waals surface area contributed by atoms with Crippen LogP contribution in [0.3, 0.4) is 0 Å². The van der Waals surface area contributed by atoms with E-state index in [1.54, 1.807) is 0 Å². The zero-order valence-electron chi connectivity index (χ0n) is 17.2. The van der Waals surface area contributed by atoms with Crippen LogP contribution >= 0.6 is 0 Å². The lowest BCUT2D eigenvalue weighted by Crippen LogP contribution is -2.40. The van der Waals surface area contributed by atoms with Gasteiger partial charge in [0.15, 0.2) is 5.82 Å². The molecule has 1 aromatic carbocycles. The highest BCUT2D eigenvalue weighted by atomic mass is 16.5. The number of piperidine rings is 1. The second-order valence-electron chi connectivity index (χ2n) is 8.75. The number of rotatable bonds is 4. The van der Waals surface area contributed by atoms with Gasteiger partial charge >= 0.3 is 0 Å². The molecule has 2 saturated heterocycles. The van der Waals surface area contributed by atoms with Crippen molar-refractivity contribution in [3.8, 4) is 11.5 Å². The fourth-order valence-electron chi connectivity index (χ4n) is 4.96. The minimum absolute atomic E-state index is 0.232. The standard InChI is InChI=1S/C23H28N4O2/c1-17-8-9-19(28-17)15-27-12-10-23(11-13-27)14-20(26(2)16-23)21-24-22(29-25-21)18-6-4-3-5-7-18/h3-9,20H,10-16H2,1-2H3. The molecule has 0 N–H and O–H groups in total. The third-order valence-corrected chi connectivity index (χ3v) is 6.60. The van der Waals surface area contributed by atoms with Crippen molar-refractivity contribution in [1.82, 2.24) is 19.9 Å². The summed E-state index contributed by atoms with van der Waals surface area (Å²) in [5, 5.41) is 4.33. The number of hydrogen-bond acceptors (Lipinski definition) is 6. The molecule has 2 aliphatic heterocycles. The molecule has 6 heteroatoms. The molecule has 5 rings (SSSR count). The second kappa shape index (κ2) is 7.43. The molecule has 0 amide bonds. The number of likely N-dealkylation sites (tertiary alicyclic amines) is 2. The summed E-state index contributed by atoms with van der Waals surface area (Å²) >= 11 is 0. The molecule has 29 heavy (non-hydrogen) atoms. The number of furan rings is 1. The summed E-state index contributed by atoms with van der Waals surface area (Å²) < 4.78 is 11.3. The van der Waals surface area contributed by atoms with Crippen LogP contribution in [0, 0.1) is 12.3 Å². The number of benzene rings is 1. The fraction of sp³-hybridized carbons (Fsp3) is 0.478. The molecule has 1 atom stereocenters. The minimum atomic E-state index is 0.232. The molecule has 0 radical (unpaired) electrons. The Kier molecular flexibility index (Phi) is 4.76. The van der Waals surface area contributed by atoms with E-state index in [-0.39, 0.29) is 6.04 Å². The van der Waals surface area contributed by atoms with Crippen molar-refractivity contribution in [2.45, 2.75) is 38.8 Å². The van der Waals surface area contributed by atoms with Crippen molar-refractivity contribution in [2.75, 3.05) is 26.7 Å². The normalized spacial score (nSPS) is 22.5. The molecule has 0 saturated carbocycles. The van der Waals surface area contributed by atoms with Crippen molar-refractivity contribution in [1.29, 1.82) is 0 Å². The minimum Gasteiger partial charge on any atom is -0.465 e. The third-order valence-electron chi connectivity index (χ3n) is 6.60. The van der Waals surface area contributed by atoms with Crippen LogP contribution in [0.25, 0.3) is 11.5 Å². The average molecular weight is 393 g/mol. The van der Waals surface area contributed by atoms with Crippen molar-refractivity contribution in [2.24, 2.45) is 5.41 Å². The Morgan fingerprint density at radius 2 is 1.90 bits per heavy atom. The van der Waals surface area contributed by atoms with Gasteiger partial charge in [-0.05, 0) is 76.0 Å². The predicted molar refractivity (Wildman–Crippen MR) is 110 cm³/mol. The summed E-state index contributed by atoms with van der Waals surface area (Å²) in [6.07, 6.45) is 3.51. The first-order valence-electron chi connectivity index (χ1n) is 10.5. The summed E-state index contributed by atoms with van der Waals surface area (Å²) in [6, 6.07) is 14.4. The summed E-state index contributed by atoms with van der Waals surface area (Å²) in [4.78, 5) is 9.64. The van der Waals surface area contributed by atoms with Gasteiger partial charge in [-0.2, -0.15) is 4.98 Å². The molecule has 0 aliphatic carbocycles. The van der Waals surface area contributed by atoms with Gasteiger partial charge < -0.3 is 8.94 Å². The van der Waals surface area contributed by atoms with Crippen molar-refractivity contribution in [3.63, 3.8) is 0 Å². The molecule has 2 aliphatic rings. The van der Waals surface area contributed by atoms with Gasteiger partial charge in [0.05, 0.1) is 12.6 Å². The van der Waals surface area contributed by atoms with E-state index in [0.29, 0.717) is 11.3 Å². The molecule has 152 valence electrons. The van der Waals surface area contributed by atoms with Gasteiger partial charge in [0, 0.05) is 12.1 Å². The SMILES string of the molecule is Cc1ccc(CN2CCC3(CC2)CC(c2noc(-c4ccccc4)n2)N(C)C3)o1. The van der Waals surface area contributed by atoms with Crippen LogP contribution in [0.4, 0.5) is 0 Å². The smallest absolute Gasteiger partial charge is 0.257 e. The molecule has 1 unspecified atom stereocenters. The summed E-state index contributed by atoms with van der Waals surface area (Å²) in [5.74, 6) is 3.49. The Labute approximate surface area is 171 Å². The van der Waals surface area contributed by atoms with Crippen LogP contribution in [0.15, 0.2) is 51.4 Å². The topological polar surface area (TPSA) is 58.5 Å². The largest absolute Gasteiger partial charge is 0.465 e. The Morgan fingerprint density at radius 1 is 1.10 bits per heavy atom. The average Bonchev–Trinajstić information content (AvgIpc) is 3.44. The van der Waals surface area contributed by atoms with Crippen LogP contribution in [-0.2, 0) is 6.54 Å². The number of aromatic nitrogens is 2. The predicted octanol–water partition coefficient (Wildman–Crippen LogP) is 4.30. The zero-order valence-corrected chi connectivity index (χ0v) is 17.2. The summed E-state index contributed by atoms with van der Waals surface area (Å²) in [5.41, 5.74) is 1.32. The third kappa shape index (κ3) is 3.74. The number of hydrogen-bond donors (Lipinski definition) is 0. The van der Waals surface area contributed by atoms with E-state index < -0.39 is 0 Å². The molecular formula is C23H28N4O2. The first-order chi connectivity index (χ1) is 14.1. The molecule has 6 nitrogen and oxygen atoms in total. The van der Waals surface area contributed by atoms with E-state index >= 15 is 0 Å². The molecule has 4 heterocycles. The van der Waals surface area contributed by atoms with Crippen LogP contribution in [-0.4, -0.2) is 46.6 Å². The maximum absolute atomic E-state index is 5.76. The van der Waals surface area contributed by atoms with E-state index in [1.165, 1.54) is 12.8 Å². The molecule has 2 aromatic heterocycles. The van der Waals surface area contributed by atoms with E-state index in [9.17, 15) is 0 Å². The van der Waals surface area contributed by atoms with Gasteiger partial charge in [0.2, 0.25) is 0 Å². The first kappa shape index (κ1) is 18.6. The Hall–Kier alpha value is -2.44. The maximum atomic E-state index is 5.76. The highest BCUT2D eigenvalue weighted by Gasteiger charge is 2.46. The lowest BCUT2D eigenvalue weighted by Gasteiger charge is -2.39. The molecular weight excluding hydrogens is 364 g/mol. The van der Waals surface area contributed by atoms with Gasteiger partial charge in [0.1, 0.15) is 11.5 Å².